The summed E-state index contributed by atoms with van der Waals surface area (Å²) in [7, 11) is 4.07. The van der Waals surface area contributed by atoms with Crippen LogP contribution in [-0.4, -0.2) is 140 Å². The van der Waals surface area contributed by atoms with Crippen molar-refractivity contribution in [3.05, 3.63) is 0 Å². The van der Waals surface area contributed by atoms with E-state index in [1.54, 1.807) is 0 Å². The number of rotatable bonds is 61. The summed E-state index contributed by atoms with van der Waals surface area (Å²) >= 11 is 0. The highest BCUT2D eigenvalue weighted by Crippen LogP contribution is 2.22. The highest BCUT2D eigenvalue weighted by atomic mass is 16.6. The standard InChI is InChI=1S/C67H137N9O8/c1-8-13-14-15-16-32-35-41-48-55(74-66(82)64-62(79)61(78)63(80)67(83)84-64)65(81)71-51-44-38-34-31-29-27-25-23-21-19-17-18-20-22-24-26-28-30-33-36-42-49-60(77)70-50-43-39-37-40-47-54(52-72-58(45-9-2)75-56(11-4)68-6)53-73-59(46-10-3)76-57(12-5)69-7/h54-59,61-64,67-69,72-73,75-76,78-80,83H,8-53H2,1-7H3,(H,70,77)(H,71,81)(H,74,82). The fraction of sp³-hybridized carbons (Fsp3) is 0.955. The maximum Gasteiger partial charge on any atom is 0.252 e. The van der Waals surface area contributed by atoms with Crippen LogP contribution in [0, 0.1) is 5.92 Å². The van der Waals surface area contributed by atoms with Gasteiger partial charge >= 0.3 is 0 Å². The van der Waals surface area contributed by atoms with Crippen molar-refractivity contribution in [2.75, 3.05) is 40.3 Å². The molecule has 84 heavy (non-hydrogen) atoms. The van der Waals surface area contributed by atoms with Gasteiger partial charge in [0, 0.05) is 32.6 Å². The molecule has 0 radical (unpaired) electrons. The Hall–Kier alpha value is -2.03. The number of nitrogens with one attached hydrogen (secondary N) is 9. The fourth-order valence-electron chi connectivity index (χ4n) is 11.7. The van der Waals surface area contributed by atoms with Gasteiger partial charge in [0.05, 0.1) is 24.7 Å². The van der Waals surface area contributed by atoms with E-state index in [2.05, 4.69) is 82.5 Å². The number of ether oxygens (including phenoxy) is 1. The number of aliphatic hydroxyl groups is 4. The first-order chi connectivity index (χ1) is 40.9. The van der Waals surface area contributed by atoms with Crippen molar-refractivity contribution in [3.8, 4) is 0 Å². The lowest BCUT2D eigenvalue weighted by Gasteiger charge is -2.37. The Morgan fingerprint density at radius 2 is 0.810 bits per heavy atom. The van der Waals surface area contributed by atoms with E-state index in [1.807, 2.05) is 14.1 Å². The van der Waals surface area contributed by atoms with Crippen LogP contribution >= 0.6 is 0 Å². The quantitative estimate of drug-likeness (QED) is 0.0200. The number of amides is 3. The van der Waals surface area contributed by atoms with Crippen LogP contribution in [0.3, 0.4) is 0 Å². The second-order valence-corrected chi connectivity index (χ2v) is 25.0. The molecule has 1 aliphatic heterocycles. The number of aliphatic hydroxyl groups excluding tert-OH is 4. The lowest BCUT2D eigenvalue weighted by atomic mass is 9.97. The Bertz CT molecular complexity index is 1470. The SMILES string of the molecule is CCCCCCCCCCC(NC(=O)C1OC(O)C(O)C(O)C1O)C(=O)NCCCCCCCCCCCCCCCCCCCCCCCC(=O)NCCCCCCC(CNC(CCC)NC(CC)NC)CNC(CCC)NC(CC)NC. The Labute approximate surface area is 515 Å². The van der Waals surface area contributed by atoms with Crippen molar-refractivity contribution < 1.29 is 39.5 Å². The van der Waals surface area contributed by atoms with Gasteiger partial charge in [0.25, 0.3) is 5.91 Å². The van der Waals surface area contributed by atoms with Gasteiger partial charge in [-0.3, -0.25) is 25.0 Å². The zero-order valence-electron chi connectivity index (χ0n) is 55.3. The molecule has 1 fully saturated rings. The van der Waals surface area contributed by atoms with E-state index in [0.29, 0.717) is 50.0 Å². The molecule has 0 aromatic rings. The first-order valence-corrected chi connectivity index (χ1v) is 35.4. The molecule has 17 nitrogen and oxygen atoms in total. The number of carbonyl (C=O) groups is 3. The molecule has 13 N–H and O–H groups in total. The van der Waals surface area contributed by atoms with Gasteiger partial charge in [-0.15, -0.1) is 0 Å². The molecule has 1 rings (SSSR count). The van der Waals surface area contributed by atoms with E-state index >= 15 is 0 Å². The summed E-state index contributed by atoms with van der Waals surface area (Å²) in [6, 6.07) is -0.828. The third-order valence-corrected chi connectivity index (χ3v) is 17.3. The Morgan fingerprint density at radius 3 is 1.23 bits per heavy atom. The summed E-state index contributed by atoms with van der Waals surface area (Å²) in [6.07, 6.45) is 41.1. The number of unbranched alkanes of at least 4 members (excludes halogenated alkanes) is 30. The van der Waals surface area contributed by atoms with E-state index in [4.69, 9.17) is 4.74 Å². The van der Waals surface area contributed by atoms with Gasteiger partial charge in [-0.1, -0.05) is 240 Å². The topological polar surface area (TPSA) is 250 Å². The Morgan fingerprint density at radius 1 is 0.417 bits per heavy atom. The average molecular weight is 1200 g/mol. The van der Waals surface area contributed by atoms with Gasteiger partial charge in [-0.25, -0.2) is 0 Å². The molecule has 0 spiro atoms. The Kier molecular flexibility index (Phi) is 53.5. The summed E-state index contributed by atoms with van der Waals surface area (Å²) in [6.45, 7) is 14.5. The van der Waals surface area contributed by atoms with E-state index in [-0.39, 0.29) is 11.8 Å². The minimum absolute atomic E-state index is 0.223. The maximum atomic E-state index is 13.2. The molecule has 0 aliphatic carbocycles. The normalized spacial score (nSPS) is 19.4. The molecule has 3 amide bonds. The van der Waals surface area contributed by atoms with E-state index in [1.165, 1.54) is 148 Å². The first kappa shape index (κ1) is 80.0. The number of hydrogen-bond acceptors (Lipinski definition) is 14. The van der Waals surface area contributed by atoms with E-state index < -0.39 is 42.7 Å². The van der Waals surface area contributed by atoms with Crippen LogP contribution in [0.5, 0.6) is 0 Å². The van der Waals surface area contributed by atoms with Crippen LogP contribution in [0.15, 0.2) is 0 Å². The van der Waals surface area contributed by atoms with Crippen LogP contribution in [-0.2, 0) is 19.1 Å². The highest BCUT2D eigenvalue weighted by molar-refractivity contribution is 5.89. The van der Waals surface area contributed by atoms with Gasteiger partial charge in [0.15, 0.2) is 12.4 Å². The Balaban J connectivity index is 2.09. The molecule has 10 unspecified atom stereocenters. The van der Waals surface area contributed by atoms with E-state index in [0.717, 1.165) is 129 Å². The minimum atomic E-state index is -1.82. The van der Waals surface area contributed by atoms with Crippen molar-refractivity contribution in [2.45, 2.75) is 366 Å². The van der Waals surface area contributed by atoms with Crippen LogP contribution in [0.25, 0.3) is 0 Å². The second-order valence-electron chi connectivity index (χ2n) is 25.0. The summed E-state index contributed by atoms with van der Waals surface area (Å²) in [5, 5.41) is 71.2. The minimum Gasteiger partial charge on any atom is -0.387 e. The lowest BCUT2D eigenvalue weighted by Crippen LogP contribution is -2.63. The molecule has 0 aromatic carbocycles. The molecule has 17 heteroatoms. The summed E-state index contributed by atoms with van der Waals surface area (Å²) < 4.78 is 5.11. The molecule has 0 saturated carbocycles. The monoisotopic (exact) mass is 1200 g/mol. The van der Waals surface area contributed by atoms with Gasteiger partial charge in [0.1, 0.15) is 24.4 Å². The highest BCUT2D eigenvalue weighted by Gasteiger charge is 2.46. The van der Waals surface area contributed by atoms with Crippen molar-refractivity contribution in [3.63, 3.8) is 0 Å². The van der Waals surface area contributed by atoms with Crippen LogP contribution in [0.1, 0.15) is 304 Å². The molecule has 498 valence electrons. The maximum absolute atomic E-state index is 13.2. The van der Waals surface area contributed by atoms with Gasteiger partial charge in [0.2, 0.25) is 11.8 Å². The fourth-order valence-corrected chi connectivity index (χ4v) is 11.7. The predicted octanol–water partition coefficient (Wildman–Crippen LogP) is 10.7. The molecule has 1 saturated heterocycles. The second kappa shape index (κ2) is 56.2. The molecule has 10 atom stereocenters. The van der Waals surface area contributed by atoms with Crippen molar-refractivity contribution in [2.24, 2.45) is 5.92 Å². The third kappa shape index (κ3) is 42.0. The molecular formula is C67H137N9O8. The summed E-state index contributed by atoms with van der Waals surface area (Å²) in [4.78, 5) is 38.8. The molecule has 0 aromatic heterocycles. The zero-order chi connectivity index (χ0) is 61.7. The van der Waals surface area contributed by atoms with Gasteiger partial charge in [-0.2, -0.15) is 0 Å². The largest absolute Gasteiger partial charge is 0.387 e. The molecule has 1 heterocycles. The van der Waals surface area contributed by atoms with Crippen LogP contribution < -0.4 is 47.9 Å². The van der Waals surface area contributed by atoms with Crippen molar-refractivity contribution >= 4 is 17.7 Å². The smallest absolute Gasteiger partial charge is 0.252 e. The molecule has 1 aliphatic rings. The van der Waals surface area contributed by atoms with E-state index in [9.17, 15) is 34.8 Å². The number of carbonyl (C=O) groups excluding carboxylic acids is 3. The van der Waals surface area contributed by atoms with Crippen molar-refractivity contribution in [1.29, 1.82) is 0 Å². The van der Waals surface area contributed by atoms with Crippen LogP contribution in [0.4, 0.5) is 0 Å². The average Bonchev–Trinajstić information content (AvgIpc) is 3.70. The zero-order valence-corrected chi connectivity index (χ0v) is 55.3. The molecule has 0 bridgehead atoms. The van der Waals surface area contributed by atoms with Crippen LogP contribution in [0.2, 0.25) is 0 Å². The lowest BCUT2D eigenvalue weighted by molar-refractivity contribution is -0.275. The summed E-state index contributed by atoms with van der Waals surface area (Å²) in [5.74, 6) is -0.316. The van der Waals surface area contributed by atoms with Crippen molar-refractivity contribution in [1.82, 2.24) is 47.9 Å². The molecular weight excluding hydrogens is 1060 g/mol. The first-order valence-electron chi connectivity index (χ1n) is 35.4. The third-order valence-electron chi connectivity index (χ3n) is 17.3. The van der Waals surface area contributed by atoms with Gasteiger partial charge in [-0.05, 0) is 77.8 Å². The predicted molar refractivity (Wildman–Crippen MR) is 348 cm³/mol. The summed E-state index contributed by atoms with van der Waals surface area (Å²) in [5.41, 5.74) is 0. The number of hydrogen-bond donors (Lipinski definition) is 13. The van der Waals surface area contributed by atoms with Gasteiger partial charge < -0.3 is 62.4 Å².